The van der Waals surface area contributed by atoms with Gasteiger partial charge in [-0.15, -0.1) is 0 Å². The Bertz CT molecular complexity index is 4760. The third kappa shape index (κ3) is 6.89. The van der Waals surface area contributed by atoms with Crippen LogP contribution in [0.1, 0.15) is 0 Å². The first-order chi connectivity index (χ1) is 37.8. The SMILES string of the molecule is Fc1c(F)c(F)c(-c2c3nc(c(-c4c(F)c(F)c(F)c(F)c4F)c4[n-]c(nc5nc(nc6[n-]c2c2cc7ccccc7cc62)-c2cc6ccccc6cc2-5)c2cc5ccccc5cc42)-c2cc4ccccc4cc2-3)c(F)c1F.[Pt+2]. The van der Waals surface area contributed by atoms with E-state index < -0.39 is 103 Å². The summed E-state index contributed by atoms with van der Waals surface area (Å²) >= 11 is 0. The van der Waals surface area contributed by atoms with E-state index in [0.717, 1.165) is 10.8 Å². The third-order valence-electron chi connectivity index (χ3n) is 14.7. The van der Waals surface area contributed by atoms with Crippen molar-refractivity contribution in [3.8, 4) is 67.5 Å². The molecule has 2 aliphatic rings. The van der Waals surface area contributed by atoms with Gasteiger partial charge in [-0.1, -0.05) is 97.1 Å². The molecule has 0 N–H and O–H groups in total. The minimum Gasteiger partial charge on any atom is -0.435 e. The van der Waals surface area contributed by atoms with Crippen molar-refractivity contribution >= 4 is 87.0 Å². The van der Waals surface area contributed by atoms with E-state index in [1.165, 1.54) is 12.1 Å². The van der Waals surface area contributed by atoms with Crippen LogP contribution in [0.3, 0.4) is 0 Å². The molecule has 3 aromatic heterocycles. The summed E-state index contributed by atoms with van der Waals surface area (Å²) in [5.74, 6) is -23.4. The number of benzene rings is 10. The topological polar surface area (TPSA) is 79.8 Å². The predicted octanol–water partition coefficient (Wildman–Crippen LogP) is 16.7. The second kappa shape index (κ2) is 17.4. The number of halogens is 10. The molecular weight excluding hydrogens is 1210 g/mol. The molecule has 382 valence electrons. The van der Waals surface area contributed by atoms with Gasteiger partial charge in [-0.2, -0.15) is 0 Å². The summed E-state index contributed by atoms with van der Waals surface area (Å²) in [4.78, 5) is 29.8. The Balaban J connectivity index is 0.00000564. The molecule has 0 amide bonds. The molecule has 0 fully saturated rings. The van der Waals surface area contributed by atoms with Gasteiger partial charge in [0, 0.05) is 33.4 Å². The fourth-order valence-electron chi connectivity index (χ4n) is 11.0. The number of aromatic nitrogens is 6. The molecule has 79 heavy (non-hydrogen) atoms. The average molecular weight is 1240 g/mol. The van der Waals surface area contributed by atoms with Crippen molar-refractivity contribution in [2.45, 2.75) is 0 Å². The van der Waals surface area contributed by atoms with E-state index in [2.05, 4.69) is 0 Å². The van der Waals surface area contributed by atoms with E-state index in [-0.39, 0.29) is 76.7 Å². The summed E-state index contributed by atoms with van der Waals surface area (Å²) in [5, 5.41) is 5.31. The maximum atomic E-state index is 17.1. The summed E-state index contributed by atoms with van der Waals surface area (Å²) in [6.45, 7) is 0. The smallest absolute Gasteiger partial charge is 0.435 e. The number of nitrogens with zero attached hydrogens (tertiary/aromatic N) is 6. The van der Waals surface area contributed by atoms with Crippen LogP contribution in [0.5, 0.6) is 0 Å². The summed E-state index contributed by atoms with van der Waals surface area (Å²) in [5.41, 5.74) is -6.26. The third-order valence-corrected chi connectivity index (χ3v) is 14.7. The first-order valence-corrected chi connectivity index (χ1v) is 24.0. The van der Waals surface area contributed by atoms with E-state index in [0.29, 0.717) is 43.4 Å². The molecule has 0 spiro atoms. The van der Waals surface area contributed by atoms with Crippen molar-refractivity contribution in [2.75, 3.05) is 0 Å². The normalized spacial score (nSPS) is 12.1. The molecule has 0 atom stereocenters. The van der Waals surface area contributed by atoms with E-state index >= 15 is 43.9 Å². The summed E-state index contributed by atoms with van der Waals surface area (Å²) in [6.07, 6.45) is 0. The van der Waals surface area contributed by atoms with E-state index in [9.17, 15) is 0 Å². The van der Waals surface area contributed by atoms with Gasteiger partial charge < -0.3 is 19.9 Å². The van der Waals surface area contributed by atoms with Crippen LogP contribution in [0.2, 0.25) is 0 Å². The van der Waals surface area contributed by atoms with Crippen molar-refractivity contribution < 1.29 is 65.0 Å². The summed E-state index contributed by atoms with van der Waals surface area (Å²) < 4.78 is 163. The Labute approximate surface area is 451 Å². The average Bonchev–Trinajstić information content (AvgIpc) is 4.24. The quantitative estimate of drug-likeness (QED) is 0.0975. The summed E-state index contributed by atoms with van der Waals surface area (Å²) in [7, 11) is 0. The Hall–Kier alpha value is -9.27. The first kappa shape index (κ1) is 48.1. The number of hydrogen-bond donors (Lipinski definition) is 0. The standard InChI is InChI=1S/C62H24F10N6.Pt/c63-45-41(46(64)50(68)53(71)49(45)67)43-55-33-17-25-9-1-2-10-26(25)18-34(33)56(73-55)44(42-47(65)51(69)54(72)52(70)48(42)66)58-36-20-28-12-4-6-14-30(28)22-38(36)60(75-58)77-62-40-24-32-16-8-7-15-31(32)23-39(40)61(78-62)76-59-37-21-29-13-5-3-11-27(29)19-35(37)57(43)74-59;/h1-24H;/q-2;+2. The molecule has 6 nitrogen and oxygen atoms in total. The minimum atomic E-state index is -2.47. The van der Waals surface area contributed by atoms with Crippen LogP contribution < -0.4 is 9.97 Å². The van der Waals surface area contributed by atoms with Crippen molar-refractivity contribution in [1.82, 2.24) is 29.9 Å². The maximum Gasteiger partial charge on any atom is 2.00 e. The van der Waals surface area contributed by atoms with Gasteiger partial charge >= 0.3 is 21.1 Å². The van der Waals surface area contributed by atoms with Gasteiger partial charge in [-0.05, 0) is 135 Å². The predicted molar refractivity (Wildman–Crippen MR) is 279 cm³/mol. The summed E-state index contributed by atoms with van der Waals surface area (Å²) in [6, 6.07) is 41.1. The molecule has 2 aliphatic heterocycles. The van der Waals surface area contributed by atoms with Crippen molar-refractivity contribution in [3.63, 3.8) is 0 Å². The van der Waals surface area contributed by atoms with E-state index in [1.54, 1.807) is 97.1 Å². The second-order valence-corrected chi connectivity index (χ2v) is 19.0. The zero-order chi connectivity index (χ0) is 53.2. The van der Waals surface area contributed by atoms with Gasteiger partial charge in [0.15, 0.2) is 46.5 Å². The molecule has 8 bridgehead atoms. The van der Waals surface area contributed by atoms with Crippen LogP contribution in [-0.4, -0.2) is 19.9 Å². The molecule has 0 saturated carbocycles. The number of hydrogen-bond acceptors (Lipinski definition) is 4. The van der Waals surface area contributed by atoms with Gasteiger partial charge in [-0.25, -0.2) is 48.9 Å². The van der Waals surface area contributed by atoms with E-state index in [1.807, 2.05) is 36.4 Å². The fraction of sp³-hybridized carbons (Fsp3) is 0. The van der Waals surface area contributed by atoms with Crippen LogP contribution in [0.15, 0.2) is 146 Å². The van der Waals surface area contributed by atoms with Gasteiger partial charge in [-0.3, -0.25) is 4.98 Å². The number of rotatable bonds is 2. The van der Waals surface area contributed by atoms with Crippen molar-refractivity contribution in [1.29, 1.82) is 0 Å². The van der Waals surface area contributed by atoms with Gasteiger partial charge in [0.25, 0.3) is 0 Å². The zero-order valence-corrected chi connectivity index (χ0v) is 41.9. The molecule has 0 aliphatic carbocycles. The second-order valence-electron chi connectivity index (χ2n) is 19.0. The largest absolute Gasteiger partial charge is 2.00 e. The zero-order valence-electron chi connectivity index (χ0n) is 39.6. The molecule has 0 unspecified atom stereocenters. The Kier molecular flexibility index (Phi) is 10.6. The van der Waals surface area contributed by atoms with Crippen LogP contribution in [0.4, 0.5) is 43.9 Å². The van der Waals surface area contributed by atoms with Gasteiger partial charge in [0.2, 0.25) is 11.6 Å². The van der Waals surface area contributed by atoms with Crippen LogP contribution >= 0.6 is 0 Å². The van der Waals surface area contributed by atoms with Crippen molar-refractivity contribution in [3.05, 3.63) is 204 Å². The molecule has 15 rings (SSSR count). The fourth-order valence-corrected chi connectivity index (χ4v) is 11.0. The van der Waals surface area contributed by atoms with Crippen LogP contribution in [0, 0.1) is 58.2 Å². The van der Waals surface area contributed by atoms with E-state index in [4.69, 9.17) is 29.9 Å². The Morgan fingerprint density at radius 3 is 0.848 bits per heavy atom. The number of fused-ring (bicyclic) bond motifs is 24. The molecule has 0 radical (unpaired) electrons. The molecule has 13 aromatic rings. The van der Waals surface area contributed by atoms with Gasteiger partial charge in [0.1, 0.15) is 0 Å². The molecule has 0 saturated heterocycles. The van der Waals surface area contributed by atoms with Crippen LogP contribution in [0.25, 0.3) is 155 Å². The molecule has 5 heterocycles. The Morgan fingerprint density at radius 2 is 0.532 bits per heavy atom. The molecule has 10 aromatic carbocycles. The minimum absolute atomic E-state index is 0. The Morgan fingerprint density at radius 1 is 0.266 bits per heavy atom. The molecular formula is C62H24F10N6Pt. The first-order valence-electron chi connectivity index (χ1n) is 24.0. The van der Waals surface area contributed by atoms with Gasteiger partial charge in [0.05, 0.1) is 34.2 Å². The maximum absolute atomic E-state index is 17.1. The van der Waals surface area contributed by atoms with Crippen molar-refractivity contribution in [2.24, 2.45) is 0 Å². The molecule has 17 heteroatoms. The van der Waals surface area contributed by atoms with Crippen LogP contribution in [-0.2, 0) is 21.1 Å². The monoisotopic (exact) mass is 1240 g/mol.